The van der Waals surface area contributed by atoms with Gasteiger partial charge in [-0.15, -0.1) is 10.2 Å². The van der Waals surface area contributed by atoms with Crippen LogP contribution in [0.5, 0.6) is 0 Å². The molecule has 2 heterocycles. The molecule has 0 unspecified atom stereocenters. The van der Waals surface area contributed by atoms with Crippen LogP contribution in [0, 0.1) is 13.8 Å². The van der Waals surface area contributed by atoms with Crippen molar-refractivity contribution in [3.63, 3.8) is 0 Å². The number of thioether (sulfide) groups is 1. The van der Waals surface area contributed by atoms with E-state index in [1.807, 2.05) is 78.9 Å². The number of para-hydroxylation sites is 1. The Morgan fingerprint density at radius 2 is 1.78 bits per heavy atom. The van der Waals surface area contributed by atoms with Crippen molar-refractivity contribution in [2.75, 3.05) is 11.1 Å². The van der Waals surface area contributed by atoms with Crippen molar-refractivity contribution in [2.45, 2.75) is 38.8 Å². The van der Waals surface area contributed by atoms with E-state index in [1.165, 1.54) is 17.3 Å². The first-order valence-corrected chi connectivity index (χ1v) is 12.8. The van der Waals surface area contributed by atoms with Gasteiger partial charge >= 0.3 is 0 Å². The van der Waals surface area contributed by atoms with Crippen molar-refractivity contribution in [3.8, 4) is 5.69 Å². The molecular weight excluding hydrogens is 470 g/mol. The van der Waals surface area contributed by atoms with E-state index in [0.29, 0.717) is 27.8 Å². The molecule has 182 valence electrons. The maximum atomic E-state index is 13.6. The van der Waals surface area contributed by atoms with E-state index < -0.39 is 0 Å². The minimum absolute atomic E-state index is 0.134. The highest BCUT2D eigenvalue weighted by molar-refractivity contribution is 7.99. The third kappa shape index (κ3) is 4.28. The summed E-state index contributed by atoms with van der Waals surface area (Å²) in [5, 5.41) is 12.8. The molecule has 0 bridgehead atoms. The number of aryl methyl sites for hydroxylation is 1. The second-order valence-electron chi connectivity index (χ2n) is 9.11. The Morgan fingerprint density at radius 3 is 2.58 bits per heavy atom. The number of anilines is 1. The van der Waals surface area contributed by atoms with Crippen molar-refractivity contribution in [2.24, 2.45) is 0 Å². The maximum Gasteiger partial charge on any atom is 0.267 e. The van der Waals surface area contributed by atoms with Crippen molar-refractivity contribution in [1.82, 2.24) is 19.2 Å². The first-order valence-electron chi connectivity index (χ1n) is 11.8. The molecule has 0 aliphatic rings. The molecule has 3 aromatic carbocycles. The Kier molecular flexibility index (Phi) is 6.36. The van der Waals surface area contributed by atoms with Crippen LogP contribution in [0.1, 0.15) is 36.5 Å². The summed E-state index contributed by atoms with van der Waals surface area (Å²) in [6, 6.07) is 21.2. The van der Waals surface area contributed by atoms with E-state index in [1.54, 1.807) is 4.57 Å². The molecule has 0 aliphatic heterocycles. The molecule has 0 atom stereocenters. The number of carbonyl (C=O) groups excluding carboxylic acids is 1. The number of fused-ring (bicyclic) bond motifs is 3. The van der Waals surface area contributed by atoms with E-state index >= 15 is 0 Å². The molecule has 7 nitrogen and oxygen atoms in total. The number of hydrogen-bond acceptors (Lipinski definition) is 5. The average molecular weight is 498 g/mol. The first-order chi connectivity index (χ1) is 17.3. The van der Waals surface area contributed by atoms with Crippen LogP contribution in [0.25, 0.3) is 22.4 Å². The SMILES string of the molecule is Cc1cccc(-n2c(=O)c3ccccc3n3c(SCC(=O)Nc4cccc(C(C)C)c4)nnc23)c1C. The van der Waals surface area contributed by atoms with Crippen LogP contribution in [0.3, 0.4) is 0 Å². The van der Waals surface area contributed by atoms with Crippen LogP contribution in [0.15, 0.2) is 76.7 Å². The standard InChI is InChI=1S/C28H27N5O2S/c1-17(2)20-10-8-11-21(15-20)29-25(34)16-36-28-31-30-27-32(23-14-7-9-18(3)19(23)4)26(35)22-12-5-6-13-24(22)33(27)28/h5-15,17H,16H2,1-4H3,(H,29,34). The third-order valence-corrected chi connectivity index (χ3v) is 7.31. The molecule has 1 N–H and O–H groups in total. The summed E-state index contributed by atoms with van der Waals surface area (Å²) in [6.07, 6.45) is 0. The van der Waals surface area contributed by atoms with Gasteiger partial charge in [0.15, 0.2) is 5.16 Å². The van der Waals surface area contributed by atoms with Crippen molar-refractivity contribution < 1.29 is 4.79 Å². The minimum Gasteiger partial charge on any atom is -0.325 e. The van der Waals surface area contributed by atoms with Gasteiger partial charge < -0.3 is 5.32 Å². The lowest BCUT2D eigenvalue weighted by molar-refractivity contribution is -0.113. The Balaban J connectivity index is 1.53. The molecule has 8 heteroatoms. The lowest BCUT2D eigenvalue weighted by atomic mass is 10.0. The lowest BCUT2D eigenvalue weighted by Gasteiger charge is -2.14. The second kappa shape index (κ2) is 9.62. The fourth-order valence-corrected chi connectivity index (χ4v) is 5.01. The number of carbonyl (C=O) groups is 1. The summed E-state index contributed by atoms with van der Waals surface area (Å²) in [4.78, 5) is 26.3. The summed E-state index contributed by atoms with van der Waals surface area (Å²) in [7, 11) is 0. The summed E-state index contributed by atoms with van der Waals surface area (Å²) in [6.45, 7) is 8.25. The van der Waals surface area contributed by atoms with Gasteiger partial charge in [0, 0.05) is 5.69 Å². The van der Waals surface area contributed by atoms with E-state index in [0.717, 1.165) is 22.5 Å². The zero-order valence-corrected chi connectivity index (χ0v) is 21.5. The molecular formula is C28H27N5O2S. The molecule has 1 amide bonds. The molecule has 5 aromatic rings. The van der Waals surface area contributed by atoms with Gasteiger partial charge in [0.1, 0.15) is 0 Å². The van der Waals surface area contributed by atoms with Gasteiger partial charge in [-0.05, 0) is 66.8 Å². The molecule has 2 aromatic heterocycles. The van der Waals surface area contributed by atoms with Crippen molar-refractivity contribution in [1.29, 1.82) is 0 Å². The second-order valence-corrected chi connectivity index (χ2v) is 10.1. The molecule has 5 rings (SSSR count). The zero-order valence-electron chi connectivity index (χ0n) is 20.6. The number of rotatable bonds is 6. The van der Waals surface area contributed by atoms with Crippen LogP contribution in [-0.4, -0.2) is 30.8 Å². The molecule has 0 saturated carbocycles. The highest BCUT2D eigenvalue weighted by Gasteiger charge is 2.20. The van der Waals surface area contributed by atoms with E-state index in [9.17, 15) is 9.59 Å². The van der Waals surface area contributed by atoms with Gasteiger partial charge in [0.25, 0.3) is 5.56 Å². The Bertz CT molecular complexity index is 1670. The van der Waals surface area contributed by atoms with Gasteiger partial charge in [0.2, 0.25) is 11.7 Å². The quantitative estimate of drug-likeness (QED) is 0.313. The topological polar surface area (TPSA) is 81.3 Å². The average Bonchev–Trinajstić information content (AvgIpc) is 3.29. The van der Waals surface area contributed by atoms with Crippen LogP contribution < -0.4 is 10.9 Å². The highest BCUT2D eigenvalue weighted by Crippen LogP contribution is 2.25. The first kappa shape index (κ1) is 23.8. The molecule has 36 heavy (non-hydrogen) atoms. The van der Waals surface area contributed by atoms with E-state index in [-0.39, 0.29) is 17.2 Å². The van der Waals surface area contributed by atoms with Gasteiger partial charge in [-0.2, -0.15) is 0 Å². The van der Waals surface area contributed by atoms with Crippen LogP contribution in [-0.2, 0) is 4.79 Å². The highest BCUT2D eigenvalue weighted by atomic mass is 32.2. The Morgan fingerprint density at radius 1 is 1.00 bits per heavy atom. The summed E-state index contributed by atoms with van der Waals surface area (Å²) >= 11 is 1.29. The van der Waals surface area contributed by atoms with Crippen LogP contribution >= 0.6 is 11.8 Å². The van der Waals surface area contributed by atoms with Gasteiger partial charge in [-0.25, -0.2) is 4.57 Å². The molecule has 0 radical (unpaired) electrons. The Hall–Kier alpha value is -3.91. The third-order valence-electron chi connectivity index (χ3n) is 6.38. The fraction of sp³-hybridized carbons (Fsp3) is 0.214. The predicted molar refractivity (Wildman–Crippen MR) is 145 cm³/mol. The predicted octanol–water partition coefficient (Wildman–Crippen LogP) is 5.50. The number of amides is 1. The summed E-state index contributed by atoms with van der Waals surface area (Å²) < 4.78 is 3.47. The number of nitrogens with one attached hydrogen (secondary N) is 1. The number of nitrogens with zero attached hydrogens (tertiary/aromatic N) is 4. The number of benzene rings is 3. The molecule has 0 fully saturated rings. The minimum atomic E-state index is -0.154. The van der Waals surface area contributed by atoms with E-state index in [2.05, 4.69) is 35.4 Å². The molecule has 0 spiro atoms. The van der Waals surface area contributed by atoms with Crippen molar-refractivity contribution >= 4 is 40.0 Å². The fourth-order valence-electron chi connectivity index (χ4n) is 4.27. The summed E-state index contributed by atoms with van der Waals surface area (Å²) in [5.41, 5.74) is 5.33. The summed E-state index contributed by atoms with van der Waals surface area (Å²) in [5.74, 6) is 0.815. The van der Waals surface area contributed by atoms with Gasteiger partial charge in [-0.3, -0.25) is 14.0 Å². The zero-order chi connectivity index (χ0) is 25.4. The normalized spacial score (nSPS) is 11.5. The molecule has 0 aliphatic carbocycles. The smallest absolute Gasteiger partial charge is 0.267 e. The maximum absolute atomic E-state index is 13.6. The number of hydrogen-bond donors (Lipinski definition) is 1. The van der Waals surface area contributed by atoms with Crippen molar-refractivity contribution in [3.05, 3.63) is 93.8 Å². The number of aromatic nitrogens is 4. The van der Waals surface area contributed by atoms with Gasteiger partial charge in [0.05, 0.1) is 22.3 Å². The lowest BCUT2D eigenvalue weighted by Crippen LogP contribution is -2.22. The molecule has 0 saturated heterocycles. The van der Waals surface area contributed by atoms with Gasteiger partial charge in [-0.1, -0.05) is 62.0 Å². The van der Waals surface area contributed by atoms with Crippen LogP contribution in [0.4, 0.5) is 5.69 Å². The Labute approximate surface area is 213 Å². The largest absolute Gasteiger partial charge is 0.325 e. The van der Waals surface area contributed by atoms with Crippen LogP contribution in [0.2, 0.25) is 0 Å². The monoisotopic (exact) mass is 497 g/mol. The van der Waals surface area contributed by atoms with E-state index in [4.69, 9.17) is 0 Å².